The second-order valence-electron chi connectivity index (χ2n) is 6.78. The van der Waals surface area contributed by atoms with Crippen LogP contribution in [0.4, 0.5) is 10.2 Å². The van der Waals surface area contributed by atoms with Gasteiger partial charge in [0.05, 0.1) is 18.0 Å². The summed E-state index contributed by atoms with van der Waals surface area (Å²) in [7, 11) is -4.28. The molecule has 3 aromatic rings. The van der Waals surface area contributed by atoms with Crippen LogP contribution in [0.15, 0.2) is 36.9 Å². The van der Waals surface area contributed by atoms with Gasteiger partial charge >= 0.3 is 10.2 Å². The average Bonchev–Trinajstić information content (AvgIpc) is 3.30. The molecule has 31 heavy (non-hydrogen) atoms. The number of nitrogen functional groups attached to an aromatic ring is 1. The van der Waals surface area contributed by atoms with Gasteiger partial charge in [0.15, 0.2) is 17.7 Å². The number of phenolic OH excluding ortho intramolecular Hbond substituents is 1. The molecule has 0 bridgehead atoms. The Labute approximate surface area is 175 Å². The Morgan fingerprint density at radius 1 is 1.32 bits per heavy atom. The van der Waals surface area contributed by atoms with Crippen molar-refractivity contribution in [1.29, 1.82) is 0 Å². The van der Waals surface area contributed by atoms with E-state index in [4.69, 9.17) is 10.5 Å². The molecule has 5 N–H and O–H groups in total. The number of carbonyl (C=O) groups is 1. The summed E-state index contributed by atoms with van der Waals surface area (Å²) in [6.45, 7) is -0.288. The molecule has 3 heterocycles. The zero-order valence-corrected chi connectivity index (χ0v) is 16.7. The SMILES string of the molecule is Nc1ncnc2c1ncn2[C@@H]1O[C@H](CNS(=O)(=O)NC(=O)c2ccccc2O)CC1F. The van der Waals surface area contributed by atoms with Crippen molar-refractivity contribution < 1.29 is 27.4 Å². The van der Waals surface area contributed by atoms with Gasteiger partial charge < -0.3 is 15.6 Å². The molecule has 1 fully saturated rings. The van der Waals surface area contributed by atoms with E-state index in [2.05, 4.69) is 19.7 Å². The van der Waals surface area contributed by atoms with Crippen molar-refractivity contribution in [1.82, 2.24) is 29.0 Å². The minimum atomic E-state index is -4.28. The summed E-state index contributed by atoms with van der Waals surface area (Å²) in [5.74, 6) is -1.24. The number of aromatic hydroxyl groups is 1. The third-order valence-electron chi connectivity index (χ3n) is 4.67. The van der Waals surface area contributed by atoms with Crippen molar-refractivity contribution in [3.8, 4) is 5.75 Å². The fourth-order valence-electron chi connectivity index (χ4n) is 3.21. The van der Waals surface area contributed by atoms with E-state index in [1.54, 1.807) is 4.72 Å². The molecular formula is C17H18FN7O5S. The highest BCUT2D eigenvalue weighted by Crippen LogP contribution is 2.33. The molecule has 4 rings (SSSR count). The first-order valence-corrected chi connectivity index (χ1v) is 10.6. The van der Waals surface area contributed by atoms with Gasteiger partial charge in [-0.15, -0.1) is 0 Å². The number of benzene rings is 1. The number of imidazole rings is 1. The number of alkyl halides is 1. The molecule has 1 amide bonds. The van der Waals surface area contributed by atoms with Crippen LogP contribution < -0.4 is 15.2 Å². The molecule has 1 unspecified atom stereocenters. The standard InChI is InChI=1S/C17H18FN7O5S/c18-11-5-9(30-17(11)25-8-22-13-14(19)20-7-21-15(13)25)6-23-31(28,29)24-16(27)10-3-1-2-4-12(10)26/h1-4,7-9,11,17,23,26H,5-6H2,(H,24,27)(H2,19,20,21)/t9-,11?,17+/m0/s1. The van der Waals surface area contributed by atoms with E-state index in [0.717, 1.165) is 0 Å². The number of ether oxygens (including phenoxy) is 1. The summed E-state index contributed by atoms with van der Waals surface area (Å²) in [6.07, 6.45) is -0.902. The highest BCUT2D eigenvalue weighted by Gasteiger charge is 2.38. The van der Waals surface area contributed by atoms with Gasteiger partial charge in [-0.05, 0) is 12.1 Å². The predicted molar refractivity (Wildman–Crippen MR) is 106 cm³/mol. The minimum absolute atomic E-state index is 0.0964. The molecule has 14 heteroatoms. The van der Waals surface area contributed by atoms with Gasteiger partial charge in [-0.1, -0.05) is 12.1 Å². The van der Waals surface area contributed by atoms with E-state index in [0.29, 0.717) is 5.52 Å². The Balaban J connectivity index is 1.40. The van der Waals surface area contributed by atoms with Crippen LogP contribution in [0.2, 0.25) is 0 Å². The fourth-order valence-corrected chi connectivity index (χ4v) is 4.05. The maximum Gasteiger partial charge on any atom is 0.301 e. The zero-order valence-electron chi connectivity index (χ0n) is 15.8. The van der Waals surface area contributed by atoms with Gasteiger partial charge in [-0.3, -0.25) is 9.36 Å². The lowest BCUT2D eigenvalue weighted by molar-refractivity contribution is -0.0139. The predicted octanol–water partition coefficient (Wildman–Crippen LogP) is 0.00410. The van der Waals surface area contributed by atoms with Crippen molar-refractivity contribution in [3.05, 3.63) is 42.5 Å². The van der Waals surface area contributed by atoms with Crippen LogP contribution in [-0.4, -0.2) is 57.8 Å². The molecule has 12 nitrogen and oxygen atoms in total. The second-order valence-corrected chi connectivity index (χ2v) is 8.28. The quantitative estimate of drug-likeness (QED) is 0.402. The number of halogens is 1. The summed E-state index contributed by atoms with van der Waals surface area (Å²) >= 11 is 0. The highest BCUT2D eigenvalue weighted by atomic mass is 32.2. The molecule has 1 aromatic carbocycles. The monoisotopic (exact) mass is 451 g/mol. The molecule has 1 aliphatic rings. The molecule has 1 aliphatic heterocycles. The summed E-state index contributed by atoms with van der Waals surface area (Å²) in [5.41, 5.74) is 6.11. The molecule has 0 radical (unpaired) electrons. The number of aromatic nitrogens is 4. The minimum Gasteiger partial charge on any atom is -0.507 e. The number of amides is 1. The van der Waals surface area contributed by atoms with E-state index in [1.165, 1.54) is 41.5 Å². The number of carbonyl (C=O) groups excluding carboxylic acids is 1. The normalized spacial score (nSPS) is 21.4. The van der Waals surface area contributed by atoms with Crippen molar-refractivity contribution in [2.45, 2.75) is 24.9 Å². The third-order valence-corrected chi connectivity index (χ3v) is 5.67. The first-order chi connectivity index (χ1) is 14.7. The summed E-state index contributed by atoms with van der Waals surface area (Å²) in [4.78, 5) is 24.0. The molecule has 3 atom stereocenters. The maximum absolute atomic E-state index is 14.6. The molecule has 0 saturated carbocycles. The van der Waals surface area contributed by atoms with Crippen molar-refractivity contribution in [2.75, 3.05) is 12.3 Å². The van der Waals surface area contributed by atoms with Gasteiger partial charge in [-0.25, -0.2) is 24.1 Å². The molecule has 2 aromatic heterocycles. The number of phenols is 1. The number of anilines is 1. The molecule has 0 aliphatic carbocycles. The highest BCUT2D eigenvalue weighted by molar-refractivity contribution is 7.88. The average molecular weight is 451 g/mol. The lowest BCUT2D eigenvalue weighted by Gasteiger charge is -2.16. The third kappa shape index (κ3) is 4.26. The van der Waals surface area contributed by atoms with Crippen molar-refractivity contribution in [3.63, 3.8) is 0 Å². The first kappa shape index (κ1) is 20.9. The Kier molecular flexibility index (Phi) is 5.43. The number of hydrogen-bond donors (Lipinski definition) is 4. The Morgan fingerprint density at radius 2 is 2.10 bits per heavy atom. The van der Waals surface area contributed by atoms with E-state index >= 15 is 0 Å². The number of fused-ring (bicyclic) bond motifs is 1. The van der Waals surface area contributed by atoms with Gasteiger partial charge in [0.1, 0.15) is 23.8 Å². The largest absolute Gasteiger partial charge is 0.507 e. The second kappa shape index (κ2) is 8.05. The maximum atomic E-state index is 14.6. The smallest absolute Gasteiger partial charge is 0.301 e. The lowest BCUT2D eigenvalue weighted by atomic mass is 10.2. The van der Waals surface area contributed by atoms with E-state index in [-0.39, 0.29) is 35.7 Å². The van der Waals surface area contributed by atoms with Gasteiger partial charge in [0, 0.05) is 13.0 Å². The Hall–Kier alpha value is -3.36. The van der Waals surface area contributed by atoms with Crippen molar-refractivity contribution >= 4 is 33.1 Å². The number of nitrogens with zero attached hydrogens (tertiary/aromatic N) is 4. The number of nitrogens with one attached hydrogen (secondary N) is 2. The summed E-state index contributed by atoms with van der Waals surface area (Å²) in [5, 5.41) is 9.66. The van der Waals surface area contributed by atoms with E-state index in [9.17, 15) is 22.7 Å². The van der Waals surface area contributed by atoms with Crippen LogP contribution >= 0.6 is 0 Å². The van der Waals surface area contributed by atoms with Gasteiger partial charge in [0.25, 0.3) is 5.91 Å². The van der Waals surface area contributed by atoms with E-state index in [1.807, 2.05) is 0 Å². The number of rotatable bonds is 6. The molecule has 1 saturated heterocycles. The van der Waals surface area contributed by atoms with Crippen LogP contribution in [0.1, 0.15) is 23.0 Å². The summed E-state index contributed by atoms with van der Waals surface area (Å²) < 4.78 is 49.9. The lowest BCUT2D eigenvalue weighted by Crippen LogP contribution is -2.43. The fraction of sp³-hybridized carbons (Fsp3) is 0.294. The van der Waals surface area contributed by atoms with Crippen LogP contribution in [-0.2, 0) is 14.9 Å². The number of hydrogen-bond acceptors (Lipinski definition) is 9. The molecule has 0 spiro atoms. The summed E-state index contributed by atoms with van der Waals surface area (Å²) in [6, 6.07) is 5.48. The van der Waals surface area contributed by atoms with Crippen LogP contribution in [0.25, 0.3) is 11.2 Å². The van der Waals surface area contributed by atoms with Crippen LogP contribution in [0.3, 0.4) is 0 Å². The number of para-hydroxylation sites is 1. The molecular weight excluding hydrogens is 433 g/mol. The zero-order chi connectivity index (χ0) is 22.2. The Morgan fingerprint density at radius 3 is 2.87 bits per heavy atom. The first-order valence-electron chi connectivity index (χ1n) is 9.07. The van der Waals surface area contributed by atoms with Crippen molar-refractivity contribution in [2.24, 2.45) is 0 Å². The van der Waals surface area contributed by atoms with Crippen LogP contribution in [0, 0.1) is 0 Å². The van der Waals surface area contributed by atoms with E-state index < -0.39 is 34.6 Å². The topological polar surface area (TPSA) is 174 Å². The van der Waals surface area contributed by atoms with Gasteiger partial charge in [-0.2, -0.15) is 13.1 Å². The number of nitrogens with two attached hydrogens (primary N) is 1. The van der Waals surface area contributed by atoms with Gasteiger partial charge in [0.2, 0.25) is 0 Å². The molecule has 164 valence electrons. The Bertz CT molecular complexity index is 1230. The van der Waals surface area contributed by atoms with Crippen LogP contribution in [0.5, 0.6) is 5.75 Å².